The predicted molar refractivity (Wildman–Crippen MR) is 95.3 cm³/mol. The van der Waals surface area contributed by atoms with E-state index in [0.29, 0.717) is 19.0 Å². The number of likely N-dealkylation sites (N-methyl/N-ethyl adjacent to an activating group) is 1. The molecule has 0 unspecified atom stereocenters. The Hall–Kier alpha value is -2.27. The number of nitrogens with one attached hydrogen (secondary N) is 1. The second-order valence-electron chi connectivity index (χ2n) is 6.89. The van der Waals surface area contributed by atoms with E-state index >= 15 is 0 Å². The molecule has 1 aromatic carbocycles. The Labute approximate surface area is 148 Å². The maximum Gasteiger partial charge on any atom is 0.234 e. The summed E-state index contributed by atoms with van der Waals surface area (Å²) in [5, 5.41) is 3.15. The third-order valence-electron chi connectivity index (χ3n) is 4.42. The van der Waals surface area contributed by atoms with Crippen LogP contribution in [-0.2, 0) is 11.3 Å². The van der Waals surface area contributed by atoms with Crippen molar-refractivity contribution in [3.63, 3.8) is 0 Å². The number of nitrogens with zero attached hydrogens (tertiary/aromatic N) is 2. The van der Waals surface area contributed by atoms with Gasteiger partial charge >= 0.3 is 0 Å². The Morgan fingerprint density at radius 1 is 1.28 bits per heavy atom. The SMILES string of the molecule is Cc1cccc([C@H](NC(=O)CN(C)Cc2ccc(F)cc2)C2CC2)n1. The van der Waals surface area contributed by atoms with Gasteiger partial charge in [0.2, 0.25) is 5.91 Å². The van der Waals surface area contributed by atoms with Crippen LogP contribution in [0.2, 0.25) is 0 Å². The van der Waals surface area contributed by atoms with Gasteiger partial charge in [0.25, 0.3) is 0 Å². The van der Waals surface area contributed by atoms with E-state index in [1.807, 2.05) is 37.1 Å². The fourth-order valence-electron chi connectivity index (χ4n) is 3.02. The Morgan fingerprint density at radius 3 is 2.64 bits per heavy atom. The van der Waals surface area contributed by atoms with Crippen molar-refractivity contribution in [2.24, 2.45) is 5.92 Å². The molecular weight excluding hydrogens is 317 g/mol. The molecule has 132 valence electrons. The average Bonchev–Trinajstić information content (AvgIpc) is 3.39. The van der Waals surface area contributed by atoms with Gasteiger partial charge in [-0.3, -0.25) is 14.7 Å². The summed E-state index contributed by atoms with van der Waals surface area (Å²) in [6, 6.07) is 12.3. The zero-order valence-corrected chi connectivity index (χ0v) is 14.7. The molecule has 4 nitrogen and oxygen atoms in total. The Kier molecular flexibility index (Phi) is 5.43. The lowest BCUT2D eigenvalue weighted by Crippen LogP contribution is -2.38. The highest BCUT2D eigenvalue weighted by Gasteiger charge is 2.34. The molecule has 1 aliphatic rings. The molecule has 1 aliphatic carbocycles. The van der Waals surface area contributed by atoms with E-state index in [1.165, 1.54) is 12.1 Å². The van der Waals surface area contributed by atoms with Gasteiger partial charge in [-0.15, -0.1) is 0 Å². The number of benzene rings is 1. The van der Waals surface area contributed by atoms with Gasteiger partial charge in [-0.2, -0.15) is 0 Å². The first-order chi connectivity index (χ1) is 12.0. The van der Waals surface area contributed by atoms with Crippen molar-refractivity contribution in [1.29, 1.82) is 0 Å². The largest absolute Gasteiger partial charge is 0.346 e. The number of pyridine rings is 1. The lowest BCUT2D eigenvalue weighted by molar-refractivity contribution is -0.123. The highest BCUT2D eigenvalue weighted by atomic mass is 19.1. The van der Waals surface area contributed by atoms with E-state index in [1.54, 1.807) is 12.1 Å². The summed E-state index contributed by atoms with van der Waals surface area (Å²) >= 11 is 0. The number of rotatable bonds is 7. The summed E-state index contributed by atoms with van der Waals surface area (Å²) in [5.74, 6) is 0.229. The summed E-state index contributed by atoms with van der Waals surface area (Å²) in [6.45, 7) is 2.86. The van der Waals surface area contributed by atoms with Crippen molar-refractivity contribution in [3.05, 3.63) is 65.2 Å². The molecule has 1 amide bonds. The van der Waals surface area contributed by atoms with Crippen LogP contribution in [0.1, 0.15) is 35.8 Å². The van der Waals surface area contributed by atoms with Crippen molar-refractivity contribution >= 4 is 5.91 Å². The van der Waals surface area contributed by atoms with E-state index in [-0.39, 0.29) is 17.8 Å². The Balaban J connectivity index is 1.57. The van der Waals surface area contributed by atoms with E-state index in [0.717, 1.165) is 29.8 Å². The van der Waals surface area contributed by atoms with Crippen LogP contribution in [0.3, 0.4) is 0 Å². The van der Waals surface area contributed by atoms with Gasteiger partial charge in [0.1, 0.15) is 5.82 Å². The van der Waals surface area contributed by atoms with Crippen LogP contribution in [0.25, 0.3) is 0 Å². The number of halogens is 1. The first kappa shape index (κ1) is 17.5. The van der Waals surface area contributed by atoms with Crippen LogP contribution in [0.15, 0.2) is 42.5 Å². The summed E-state index contributed by atoms with van der Waals surface area (Å²) in [6.07, 6.45) is 2.26. The molecule has 1 saturated carbocycles. The van der Waals surface area contributed by atoms with E-state index < -0.39 is 0 Å². The molecule has 1 fully saturated rings. The van der Waals surface area contributed by atoms with Gasteiger partial charge in [-0.25, -0.2) is 4.39 Å². The van der Waals surface area contributed by atoms with Crippen LogP contribution in [-0.4, -0.2) is 29.4 Å². The molecule has 1 heterocycles. The zero-order valence-electron chi connectivity index (χ0n) is 14.7. The molecule has 3 rings (SSSR count). The van der Waals surface area contributed by atoms with Crippen LogP contribution >= 0.6 is 0 Å². The molecule has 2 aromatic rings. The zero-order chi connectivity index (χ0) is 17.8. The topological polar surface area (TPSA) is 45.2 Å². The standard InChI is InChI=1S/C20H24FN3O/c1-14-4-3-5-18(22-14)20(16-8-9-16)23-19(25)13-24(2)12-15-6-10-17(21)11-7-15/h3-7,10-11,16,20H,8-9,12-13H2,1-2H3,(H,23,25)/t20-/m1/s1. The number of carbonyl (C=O) groups excluding carboxylic acids is 1. The van der Waals surface area contributed by atoms with Gasteiger partial charge in [-0.1, -0.05) is 18.2 Å². The summed E-state index contributed by atoms with van der Waals surface area (Å²) in [5.41, 5.74) is 2.89. The van der Waals surface area contributed by atoms with Crippen molar-refractivity contribution in [1.82, 2.24) is 15.2 Å². The van der Waals surface area contributed by atoms with E-state index in [4.69, 9.17) is 0 Å². The number of amides is 1. The molecule has 0 aliphatic heterocycles. The second-order valence-corrected chi connectivity index (χ2v) is 6.89. The van der Waals surface area contributed by atoms with Gasteiger partial charge in [0.05, 0.1) is 18.3 Å². The van der Waals surface area contributed by atoms with Crippen molar-refractivity contribution < 1.29 is 9.18 Å². The highest BCUT2D eigenvalue weighted by Crippen LogP contribution is 2.40. The minimum atomic E-state index is -0.248. The van der Waals surface area contributed by atoms with Gasteiger partial charge in [0.15, 0.2) is 0 Å². The molecule has 25 heavy (non-hydrogen) atoms. The van der Waals surface area contributed by atoms with Crippen molar-refractivity contribution in [2.45, 2.75) is 32.4 Å². The summed E-state index contributed by atoms with van der Waals surface area (Å²) in [7, 11) is 1.89. The first-order valence-electron chi connectivity index (χ1n) is 8.67. The summed E-state index contributed by atoms with van der Waals surface area (Å²) < 4.78 is 13.0. The van der Waals surface area contributed by atoms with Crippen LogP contribution in [0, 0.1) is 18.7 Å². The van der Waals surface area contributed by atoms with Crippen molar-refractivity contribution in [2.75, 3.05) is 13.6 Å². The minimum absolute atomic E-state index is 0.00776. The number of carbonyl (C=O) groups is 1. The summed E-state index contributed by atoms with van der Waals surface area (Å²) in [4.78, 5) is 19.0. The number of aromatic nitrogens is 1. The smallest absolute Gasteiger partial charge is 0.234 e. The number of hydrogen-bond donors (Lipinski definition) is 1. The first-order valence-corrected chi connectivity index (χ1v) is 8.67. The maximum atomic E-state index is 13.0. The molecule has 1 N–H and O–H groups in total. The maximum absolute atomic E-state index is 13.0. The molecule has 0 bridgehead atoms. The van der Waals surface area contributed by atoms with Crippen LogP contribution in [0.5, 0.6) is 0 Å². The highest BCUT2D eigenvalue weighted by molar-refractivity contribution is 5.78. The molecule has 5 heteroatoms. The van der Waals surface area contributed by atoms with E-state index in [9.17, 15) is 9.18 Å². The Morgan fingerprint density at radius 2 is 2.00 bits per heavy atom. The third kappa shape index (κ3) is 5.10. The second kappa shape index (κ2) is 7.74. The molecular formula is C20H24FN3O. The fourth-order valence-corrected chi connectivity index (χ4v) is 3.02. The monoisotopic (exact) mass is 341 g/mol. The predicted octanol–water partition coefficient (Wildman–Crippen LogP) is 3.23. The van der Waals surface area contributed by atoms with Gasteiger partial charge < -0.3 is 5.32 Å². The number of hydrogen-bond acceptors (Lipinski definition) is 3. The van der Waals surface area contributed by atoms with Crippen LogP contribution in [0.4, 0.5) is 4.39 Å². The Bertz CT molecular complexity index is 728. The van der Waals surface area contributed by atoms with Crippen LogP contribution < -0.4 is 5.32 Å². The van der Waals surface area contributed by atoms with Gasteiger partial charge in [-0.05, 0) is 62.6 Å². The normalized spacial score (nSPS) is 15.2. The lowest BCUT2D eigenvalue weighted by atomic mass is 10.1. The lowest BCUT2D eigenvalue weighted by Gasteiger charge is -2.21. The molecule has 0 spiro atoms. The minimum Gasteiger partial charge on any atom is -0.346 e. The third-order valence-corrected chi connectivity index (χ3v) is 4.42. The number of aryl methyl sites for hydroxylation is 1. The molecule has 0 radical (unpaired) electrons. The molecule has 1 atom stereocenters. The van der Waals surface area contributed by atoms with Gasteiger partial charge in [0, 0.05) is 12.2 Å². The fraction of sp³-hybridized carbons (Fsp3) is 0.400. The average molecular weight is 341 g/mol. The molecule has 1 aromatic heterocycles. The quantitative estimate of drug-likeness (QED) is 0.841. The molecule has 0 saturated heterocycles. The van der Waals surface area contributed by atoms with Crippen molar-refractivity contribution in [3.8, 4) is 0 Å². The van der Waals surface area contributed by atoms with E-state index in [2.05, 4.69) is 10.3 Å².